The van der Waals surface area contributed by atoms with Crippen LogP contribution >= 0.6 is 0 Å². The molecule has 0 aromatic rings. The highest BCUT2D eigenvalue weighted by atomic mass is 16.1. The van der Waals surface area contributed by atoms with Gasteiger partial charge in [0.1, 0.15) is 5.78 Å². The van der Waals surface area contributed by atoms with E-state index in [0.29, 0.717) is 11.7 Å². The maximum Gasteiger partial charge on any atom is 0.138 e. The molecule has 1 N–H and O–H groups in total. The standard InChI is InChI=1S/C14H27NO/c1-2-3-4-5-6-7-8-9-13-12-15-11-10-14(13)16/h13,15H,2-12H2,1H3. The Morgan fingerprint density at radius 1 is 1.12 bits per heavy atom. The van der Waals surface area contributed by atoms with Gasteiger partial charge >= 0.3 is 0 Å². The Labute approximate surface area is 100 Å². The van der Waals surface area contributed by atoms with Gasteiger partial charge in [-0.05, 0) is 6.42 Å². The Kier molecular flexibility index (Phi) is 7.48. The molecule has 1 heterocycles. The lowest BCUT2D eigenvalue weighted by molar-refractivity contribution is -0.124. The Morgan fingerprint density at radius 2 is 1.81 bits per heavy atom. The van der Waals surface area contributed by atoms with Gasteiger partial charge in [-0.3, -0.25) is 4.79 Å². The first-order chi connectivity index (χ1) is 7.84. The van der Waals surface area contributed by atoms with E-state index in [1.54, 1.807) is 0 Å². The molecule has 1 saturated heterocycles. The summed E-state index contributed by atoms with van der Waals surface area (Å²) in [5, 5.41) is 3.31. The molecule has 1 unspecified atom stereocenters. The summed E-state index contributed by atoms with van der Waals surface area (Å²) in [5.41, 5.74) is 0. The number of carbonyl (C=O) groups excluding carboxylic acids is 1. The van der Waals surface area contributed by atoms with Gasteiger partial charge in [0.15, 0.2) is 0 Å². The van der Waals surface area contributed by atoms with Gasteiger partial charge < -0.3 is 5.32 Å². The second kappa shape index (κ2) is 8.74. The molecule has 2 nitrogen and oxygen atoms in total. The number of hydrogen-bond acceptors (Lipinski definition) is 2. The minimum absolute atomic E-state index is 0.324. The van der Waals surface area contributed by atoms with Crippen LogP contribution in [-0.2, 0) is 4.79 Å². The van der Waals surface area contributed by atoms with E-state index in [1.807, 2.05) is 0 Å². The lowest BCUT2D eigenvalue weighted by Gasteiger charge is -2.21. The minimum Gasteiger partial charge on any atom is -0.316 e. The first-order valence-corrected chi connectivity index (χ1v) is 7.08. The SMILES string of the molecule is CCCCCCCCCC1CNCCC1=O. The summed E-state index contributed by atoms with van der Waals surface area (Å²) in [5.74, 6) is 0.814. The van der Waals surface area contributed by atoms with E-state index in [9.17, 15) is 4.79 Å². The zero-order chi connectivity index (χ0) is 11.6. The fourth-order valence-electron chi connectivity index (χ4n) is 2.42. The predicted molar refractivity (Wildman–Crippen MR) is 68.6 cm³/mol. The zero-order valence-electron chi connectivity index (χ0n) is 10.8. The molecule has 2 heteroatoms. The Hall–Kier alpha value is -0.370. The summed E-state index contributed by atoms with van der Waals surface area (Å²) in [6.07, 6.45) is 11.2. The van der Waals surface area contributed by atoms with Crippen LogP contribution in [0.15, 0.2) is 0 Å². The van der Waals surface area contributed by atoms with Crippen molar-refractivity contribution in [3.05, 3.63) is 0 Å². The van der Waals surface area contributed by atoms with Gasteiger partial charge in [0.25, 0.3) is 0 Å². The summed E-state index contributed by atoms with van der Waals surface area (Å²) in [6.45, 7) is 4.07. The molecule has 0 amide bonds. The monoisotopic (exact) mass is 225 g/mol. The fraction of sp³-hybridized carbons (Fsp3) is 0.929. The lowest BCUT2D eigenvalue weighted by atomic mass is 9.92. The third-order valence-corrected chi connectivity index (χ3v) is 3.55. The number of ketones is 1. The molecular weight excluding hydrogens is 198 g/mol. The van der Waals surface area contributed by atoms with Crippen molar-refractivity contribution in [2.75, 3.05) is 13.1 Å². The van der Waals surface area contributed by atoms with Crippen molar-refractivity contribution < 1.29 is 4.79 Å². The quantitative estimate of drug-likeness (QED) is 0.642. The second-order valence-corrected chi connectivity index (χ2v) is 5.03. The molecule has 16 heavy (non-hydrogen) atoms. The van der Waals surface area contributed by atoms with Gasteiger partial charge in [0.2, 0.25) is 0 Å². The Bertz CT molecular complexity index is 191. The third kappa shape index (κ3) is 5.64. The number of rotatable bonds is 8. The third-order valence-electron chi connectivity index (χ3n) is 3.55. The molecule has 1 fully saturated rings. The number of carbonyl (C=O) groups is 1. The van der Waals surface area contributed by atoms with Crippen molar-refractivity contribution in [1.29, 1.82) is 0 Å². The Morgan fingerprint density at radius 3 is 2.50 bits per heavy atom. The van der Waals surface area contributed by atoms with Crippen LogP contribution in [0.5, 0.6) is 0 Å². The van der Waals surface area contributed by atoms with E-state index < -0.39 is 0 Å². The first kappa shape index (κ1) is 13.7. The lowest BCUT2D eigenvalue weighted by Crippen LogP contribution is -2.36. The topological polar surface area (TPSA) is 29.1 Å². The van der Waals surface area contributed by atoms with Crippen molar-refractivity contribution in [3.63, 3.8) is 0 Å². The van der Waals surface area contributed by atoms with Crippen molar-refractivity contribution >= 4 is 5.78 Å². The largest absolute Gasteiger partial charge is 0.316 e. The van der Waals surface area contributed by atoms with Crippen molar-refractivity contribution in [1.82, 2.24) is 5.32 Å². The average molecular weight is 225 g/mol. The minimum atomic E-state index is 0.324. The van der Waals surface area contributed by atoms with E-state index in [4.69, 9.17) is 0 Å². The first-order valence-electron chi connectivity index (χ1n) is 7.08. The van der Waals surface area contributed by atoms with Gasteiger partial charge in [0, 0.05) is 25.4 Å². The summed E-state index contributed by atoms with van der Waals surface area (Å²) in [4.78, 5) is 11.6. The van der Waals surface area contributed by atoms with E-state index >= 15 is 0 Å². The van der Waals surface area contributed by atoms with Gasteiger partial charge in [0.05, 0.1) is 0 Å². The Balaban J connectivity index is 1.92. The number of nitrogens with one attached hydrogen (secondary N) is 1. The highest BCUT2D eigenvalue weighted by Crippen LogP contribution is 2.16. The van der Waals surface area contributed by atoms with Crippen molar-refractivity contribution in [2.24, 2.45) is 5.92 Å². The van der Waals surface area contributed by atoms with Crippen molar-refractivity contribution in [2.45, 2.75) is 64.7 Å². The number of Topliss-reactive ketones (excluding diaryl/α,β-unsaturated/α-hetero) is 1. The molecule has 0 bridgehead atoms. The molecule has 1 atom stereocenters. The summed E-state index contributed by atoms with van der Waals surface area (Å²) in [7, 11) is 0. The number of hydrogen-bond donors (Lipinski definition) is 1. The molecule has 1 rings (SSSR count). The van der Waals surface area contributed by atoms with Crippen LogP contribution < -0.4 is 5.32 Å². The second-order valence-electron chi connectivity index (χ2n) is 5.03. The molecule has 0 spiro atoms. The van der Waals surface area contributed by atoms with Gasteiger partial charge in [-0.2, -0.15) is 0 Å². The van der Waals surface area contributed by atoms with E-state index in [1.165, 1.54) is 44.9 Å². The maximum atomic E-state index is 11.6. The molecule has 1 aliphatic rings. The van der Waals surface area contributed by atoms with Crippen LogP contribution in [0.25, 0.3) is 0 Å². The molecule has 0 aromatic heterocycles. The number of unbranched alkanes of at least 4 members (excludes halogenated alkanes) is 6. The maximum absolute atomic E-state index is 11.6. The van der Waals surface area contributed by atoms with Crippen LogP contribution in [0.2, 0.25) is 0 Å². The average Bonchev–Trinajstić information content (AvgIpc) is 2.30. The molecule has 0 aliphatic carbocycles. The van der Waals surface area contributed by atoms with Gasteiger partial charge in [-0.1, -0.05) is 51.9 Å². The smallest absolute Gasteiger partial charge is 0.138 e. The van der Waals surface area contributed by atoms with E-state index in [-0.39, 0.29) is 0 Å². The van der Waals surface area contributed by atoms with Crippen LogP contribution in [0, 0.1) is 5.92 Å². The van der Waals surface area contributed by atoms with Gasteiger partial charge in [-0.25, -0.2) is 0 Å². The highest BCUT2D eigenvalue weighted by Gasteiger charge is 2.20. The molecule has 0 radical (unpaired) electrons. The summed E-state index contributed by atoms with van der Waals surface area (Å²) in [6, 6.07) is 0. The van der Waals surface area contributed by atoms with Crippen molar-refractivity contribution in [3.8, 4) is 0 Å². The fourth-order valence-corrected chi connectivity index (χ4v) is 2.42. The van der Waals surface area contributed by atoms with Crippen LogP contribution in [0.1, 0.15) is 64.7 Å². The summed E-state index contributed by atoms with van der Waals surface area (Å²) >= 11 is 0. The normalized spacial score (nSPS) is 21.3. The number of piperidine rings is 1. The molecule has 94 valence electrons. The van der Waals surface area contributed by atoms with Crippen LogP contribution in [0.4, 0.5) is 0 Å². The predicted octanol–water partition coefficient (Wildman–Crippen LogP) is 3.31. The summed E-state index contributed by atoms with van der Waals surface area (Å²) < 4.78 is 0. The van der Waals surface area contributed by atoms with E-state index in [0.717, 1.165) is 25.9 Å². The van der Waals surface area contributed by atoms with E-state index in [2.05, 4.69) is 12.2 Å². The molecule has 0 aromatic carbocycles. The van der Waals surface area contributed by atoms with Crippen LogP contribution in [-0.4, -0.2) is 18.9 Å². The molecule has 1 aliphatic heterocycles. The zero-order valence-corrected chi connectivity index (χ0v) is 10.8. The molecule has 0 saturated carbocycles. The highest BCUT2D eigenvalue weighted by molar-refractivity contribution is 5.82. The van der Waals surface area contributed by atoms with Gasteiger partial charge in [-0.15, -0.1) is 0 Å². The van der Waals surface area contributed by atoms with Crippen LogP contribution in [0.3, 0.4) is 0 Å². The molecular formula is C14H27NO.